The Morgan fingerprint density at radius 3 is 2.43 bits per heavy atom. The minimum absolute atomic E-state index is 0.620. The molecule has 0 saturated heterocycles. The van der Waals surface area contributed by atoms with E-state index in [4.69, 9.17) is 9.47 Å². The van der Waals surface area contributed by atoms with Crippen LogP contribution in [0.15, 0.2) is 30.3 Å². The zero-order valence-corrected chi connectivity index (χ0v) is 8.82. The summed E-state index contributed by atoms with van der Waals surface area (Å²) in [6.07, 6.45) is 1.94. The Balaban J connectivity index is 2.46. The first-order valence-corrected chi connectivity index (χ1v) is 4.91. The molecule has 0 aliphatic rings. The summed E-state index contributed by atoms with van der Waals surface area (Å²) < 4.78 is 10.5. The summed E-state index contributed by atoms with van der Waals surface area (Å²) in [6, 6.07) is 10.2. The summed E-state index contributed by atoms with van der Waals surface area (Å²) in [4.78, 5) is 0. The van der Waals surface area contributed by atoms with E-state index in [1.807, 2.05) is 18.2 Å². The highest BCUT2D eigenvalue weighted by atomic mass is 16.5. The molecule has 0 heterocycles. The van der Waals surface area contributed by atoms with Gasteiger partial charge in [0.15, 0.2) is 0 Å². The molecule has 0 bridgehead atoms. The quantitative estimate of drug-likeness (QED) is 0.647. The SMILES string of the molecule is CC[C](OCCOC)c1ccccc1. The fraction of sp³-hybridized carbons (Fsp3) is 0.417. The van der Waals surface area contributed by atoms with Crippen LogP contribution >= 0.6 is 0 Å². The zero-order valence-electron chi connectivity index (χ0n) is 8.82. The van der Waals surface area contributed by atoms with Gasteiger partial charge < -0.3 is 9.47 Å². The first kappa shape index (κ1) is 11.2. The van der Waals surface area contributed by atoms with Crippen molar-refractivity contribution in [3.05, 3.63) is 42.0 Å². The van der Waals surface area contributed by atoms with E-state index in [9.17, 15) is 0 Å². The van der Waals surface area contributed by atoms with Crippen molar-refractivity contribution in [2.45, 2.75) is 13.3 Å². The predicted octanol–water partition coefficient (Wildman–Crippen LogP) is 2.64. The van der Waals surface area contributed by atoms with Gasteiger partial charge in [0.25, 0.3) is 0 Å². The fourth-order valence-electron chi connectivity index (χ4n) is 1.26. The largest absolute Gasteiger partial charge is 0.382 e. The van der Waals surface area contributed by atoms with Crippen molar-refractivity contribution in [2.24, 2.45) is 0 Å². The molecule has 1 aromatic rings. The number of rotatable bonds is 6. The maximum absolute atomic E-state index is 5.61. The van der Waals surface area contributed by atoms with Gasteiger partial charge in [0.2, 0.25) is 0 Å². The highest BCUT2D eigenvalue weighted by molar-refractivity contribution is 5.26. The number of hydrogen-bond acceptors (Lipinski definition) is 2. The highest BCUT2D eigenvalue weighted by Gasteiger charge is 2.09. The number of methoxy groups -OCH3 is 1. The average molecular weight is 193 g/mol. The molecule has 1 radical (unpaired) electrons. The summed E-state index contributed by atoms with van der Waals surface area (Å²) in [5, 5.41) is 0. The highest BCUT2D eigenvalue weighted by Crippen LogP contribution is 2.18. The lowest BCUT2D eigenvalue weighted by Crippen LogP contribution is -2.08. The van der Waals surface area contributed by atoms with Crippen LogP contribution in [0.25, 0.3) is 0 Å². The number of benzene rings is 1. The van der Waals surface area contributed by atoms with Crippen molar-refractivity contribution in [2.75, 3.05) is 20.3 Å². The van der Waals surface area contributed by atoms with Crippen molar-refractivity contribution >= 4 is 0 Å². The lowest BCUT2D eigenvalue weighted by Gasteiger charge is -2.14. The Hall–Kier alpha value is -0.860. The maximum Gasteiger partial charge on any atom is 0.126 e. The van der Waals surface area contributed by atoms with Gasteiger partial charge in [-0.15, -0.1) is 0 Å². The maximum atomic E-state index is 5.61. The molecular weight excluding hydrogens is 176 g/mol. The van der Waals surface area contributed by atoms with Gasteiger partial charge in [-0.2, -0.15) is 0 Å². The van der Waals surface area contributed by atoms with Gasteiger partial charge in [-0.05, 0) is 12.0 Å². The summed E-state index contributed by atoms with van der Waals surface area (Å²) in [7, 11) is 1.68. The third-order valence-corrected chi connectivity index (χ3v) is 1.98. The molecule has 0 spiro atoms. The van der Waals surface area contributed by atoms with E-state index in [1.165, 1.54) is 0 Å². The minimum atomic E-state index is 0.620. The van der Waals surface area contributed by atoms with E-state index in [0.29, 0.717) is 13.2 Å². The number of ether oxygens (including phenoxy) is 2. The van der Waals surface area contributed by atoms with E-state index < -0.39 is 0 Å². The van der Waals surface area contributed by atoms with Gasteiger partial charge in [-0.25, -0.2) is 0 Å². The van der Waals surface area contributed by atoms with Crippen LogP contribution in [0.5, 0.6) is 0 Å². The van der Waals surface area contributed by atoms with Gasteiger partial charge in [0.05, 0.1) is 13.2 Å². The van der Waals surface area contributed by atoms with Crippen molar-refractivity contribution < 1.29 is 9.47 Å². The molecule has 77 valence electrons. The Morgan fingerprint density at radius 2 is 1.86 bits per heavy atom. The van der Waals surface area contributed by atoms with Crippen LogP contribution < -0.4 is 0 Å². The molecule has 0 aliphatic carbocycles. The van der Waals surface area contributed by atoms with Gasteiger partial charge in [0.1, 0.15) is 6.10 Å². The topological polar surface area (TPSA) is 18.5 Å². The Bertz CT molecular complexity index is 233. The van der Waals surface area contributed by atoms with Crippen LogP contribution in [0.4, 0.5) is 0 Å². The summed E-state index contributed by atoms with van der Waals surface area (Å²) in [5.41, 5.74) is 1.16. The van der Waals surface area contributed by atoms with Gasteiger partial charge >= 0.3 is 0 Å². The lowest BCUT2D eigenvalue weighted by atomic mass is 10.1. The van der Waals surface area contributed by atoms with Crippen LogP contribution in [0, 0.1) is 6.10 Å². The fourth-order valence-corrected chi connectivity index (χ4v) is 1.26. The van der Waals surface area contributed by atoms with E-state index in [2.05, 4.69) is 19.1 Å². The van der Waals surface area contributed by atoms with Crippen molar-refractivity contribution in [3.63, 3.8) is 0 Å². The van der Waals surface area contributed by atoms with Gasteiger partial charge in [-0.3, -0.25) is 0 Å². The van der Waals surface area contributed by atoms with Crippen molar-refractivity contribution in [1.82, 2.24) is 0 Å². The molecule has 0 atom stereocenters. The molecular formula is C12H17O2. The average Bonchev–Trinajstić information content (AvgIpc) is 2.26. The van der Waals surface area contributed by atoms with Crippen molar-refractivity contribution in [1.29, 1.82) is 0 Å². The van der Waals surface area contributed by atoms with Gasteiger partial charge in [0, 0.05) is 7.11 Å². The monoisotopic (exact) mass is 193 g/mol. The lowest BCUT2D eigenvalue weighted by molar-refractivity contribution is 0.0828. The smallest absolute Gasteiger partial charge is 0.126 e. The zero-order chi connectivity index (χ0) is 10.2. The van der Waals surface area contributed by atoms with E-state index >= 15 is 0 Å². The molecule has 0 fully saturated rings. The van der Waals surface area contributed by atoms with Crippen LogP contribution in [0.3, 0.4) is 0 Å². The van der Waals surface area contributed by atoms with Crippen LogP contribution in [-0.4, -0.2) is 20.3 Å². The van der Waals surface area contributed by atoms with Crippen LogP contribution in [0.1, 0.15) is 18.9 Å². The van der Waals surface area contributed by atoms with Crippen molar-refractivity contribution in [3.8, 4) is 0 Å². The molecule has 1 aromatic carbocycles. The first-order chi connectivity index (χ1) is 6.88. The summed E-state index contributed by atoms with van der Waals surface area (Å²) in [6.45, 7) is 3.35. The molecule has 0 aliphatic heterocycles. The third kappa shape index (κ3) is 3.48. The van der Waals surface area contributed by atoms with Crippen LogP contribution in [0.2, 0.25) is 0 Å². The van der Waals surface area contributed by atoms with E-state index in [1.54, 1.807) is 7.11 Å². The second-order valence-electron chi connectivity index (χ2n) is 2.98. The molecule has 0 unspecified atom stereocenters. The molecule has 1 rings (SSSR count). The molecule has 0 aromatic heterocycles. The molecule has 0 saturated carbocycles. The standard InChI is InChI=1S/C12H17O2/c1-3-12(14-10-9-13-2)11-7-5-4-6-8-11/h4-8H,3,9-10H2,1-2H3. The van der Waals surface area contributed by atoms with Gasteiger partial charge in [-0.1, -0.05) is 37.3 Å². The molecule has 0 amide bonds. The summed E-state index contributed by atoms with van der Waals surface area (Å²) in [5.74, 6) is 0. The number of hydrogen-bond donors (Lipinski definition) is 0. The molecule has 0 N–H and O–H groups in total. The predicted molar refractivity (Wildman–Crippen MR) is 56.9 cm³/mol. The second-order valence-corrected chi connectivity index (χ2v) is 2.98. The van der Waals surface area contributed by atoms with E-state index in [-0.39, 0.29) is 0 Å². The molecule has 14 heavy (non-hydrogen) atoms. The Kier molecular flexibility index (Phi) is 5.27. The van der Waals surface area contributed by atoms with E-state index in [0.717, 1.165) is 18.1 Å². The Labute approximate surface area is 85.8 Å². The molecule has 2 heteroatoms. The third-order valence-electron chi connectivity index (χ3n) is 1.98. The first-order valence-electron chi connectivity index (χ1n) is 4.91. The summed E-state index contributed by atoms with van der Waals surface area (Å²) >= 11 is 0. The second kappa shape index (κ2) is 6.57. The molecule has 2 nitrogen and oxygen atoms in total. The normalized spacial score (nSPS) is 10.8. The van der Waals surface area contributed by atoms with Crippen LogP contribution in [-0.2, 0) is 9.47 Å². The Morgan fingerprint density at radius 1 is 1.14 bits per heavy atom. The minimum Gasteiger partial charge on any atom is -0.382 e.